The molecule has 0 unspecified atom stereocenters. The number of rotatable bonds is 3. The summed E-state index contributed by atoms with van der Waals surface area (Å²) < 4.78 is 0. The molecule has 338 valence electrons. The van der Waals surface area contributed by atoms with Crippen LogP contribution in [0.3, 0.4) is 0 Å². The quantitative estimate of drug-likeness (QED) is 0.152. The first-order valence-electron chi connectivity index (χ1n) is 24.0. The molecule has 1 aliphatic heterocycles. The monoisotopic (exact) mass is 894 g/mol. The first-order valence-corrected chi connectivity index (χ1v) is 24.0. The standard InChI is InChI=1S/C65H58N4/c1-63(2,3)49-30-24-44(25-31-49)58-52-36-38-54(66-52)59(45-26-32-50(33-27-45)64(4,5)6)61-47(22-20-42-16-12-10-13-17-42)40-56(68-61)57-41-48(23-21-43-18-14-11-15-19-43)62(69-57)60(55-39-37-53(58)67-55)46-28-34-51(35-29-46)65(7,8)9/h10-19,24-41,66-68H,1-9H3. The SMILES string of the molecule is CC(C)(C)c1ccc(-c2c3nc(c4cc(C#Cc5ccccc5)c([nH]4)c(-c4ccc(C(C)(C)C)cc4)c4ccc([nH]4)c(-c4ccc(C(C)(C)C)cc4)c4ccc2[nH]4)C=C3C#Cc2ccccc2)cc1. The van der Waals surface area contributed by atoms with Crippen LogP contribution in [0.15, 0.2) is 164 Å². The first-order chi connectivity index (χ1) is 33.1. The third-order valence-corrected chi connectivity index (χ3v) is 13.1. The lowest BCUT2D eigenvalue weighted by Gasteiger charge is -2.19. The molecule has 4 heteroatoms. The van der Waals surface area contributed by atoms with Gasteiger partial charge in [-0.15, -0.1) is 0 Å². The van der Waals surface area contributed by atoms with Crippen LogP contribution in [0, 0.1) is 23.7 Å². The van der Waals surface area contributed by atoms with Crippen LogP contribution in [0.25, 0.3) is 78.1 Å². The molecular formula is C65H58N4. The molecule has 0 atom stereocenters. The summed E-state index contributed by atoms with van der Waals surface area (Å²) in [5.41, 5.74) is 20.8. The maximum atomic E-state index is 5.60. The summed E-state index contributed by atoms with van der Waals surface area (Å²) in [6.45, 7) is 20.3. The van der Waals surface area contributed by atoms with E-state index in [-0.39, 0.29) is 16.2 Å². The summed E-state index contributed by atoms with van der Waals surface area (Å²) in [5.74, 6) is 14.2. The van der Waals surface area contributed by atoms with Crippen LogP contribution in [0.4, 0.5) is 0 Å². The Morgan fingerprint density at radius 3 is 1.25 bits per heavy atom. The molecule has 1 aliphatic rings. The van der Waals surface area contributed by atoms with E-state index in [0.29, 0.717) is 0 Å². The van der Waals surface area contributed by atoms with Gasteiger partial charge in [-0.25, -0.2) is 4.98 Å². The van der Waals surface area contributed by atoms with E-state index >= 15 is 0 Å². The van der Waals surface area contributed by atoms with Crippen LogP contribution >= 0.6 is 0 Å². The molecule has 69 heavy (non-hydrogen) atoms. The lowest BCUT2D eigenvalue weighted by atomic mass is 9.86. The van der Waals surface area contributed by atoms with Crippen molar-refractivity contribution in [1.29, 1.82) is 0 Å². The third-order valence-electron chi connectivity index (χ3n) is 13.1. The number of aromatic amines is 3. The second-order valence-electron chi connectivity index (χ2n) is 21.3. The molecule has 10 rings (SSSR count). The summed E-state index contributed by atoms with van der Waals surface area (Å²) in [6.07, 6.45) is 2.13. The van der Waals surface area contributed by atoms with Crippen LogP contribution in [0.1, 0.15) is 107 Å². The van der Waals surface area contributed by atoms with E-state index in [4.69, 9.17) is 4.98 Å². The van der Waals surface area contributed by atoms with Crippen molar-refractivity contribution in [3.63, 3.8) is 0 Å². The zero-order valence-electron chi connectivity index (χ0n) is 41.1. The summed E-state index contributed by atoms with van der Waals surface area (Å²) in [5, 5.41) is 0. The normalized spacial score (nSPS) is 12.3. The van der Waals surface area contributed by atoms with E-state index in [1.165, 1.54) is 16.7 Å². The Labute approximate surface area is 407 Å². The fraction of sp³-hybridized carbons (Fsp3) is 0.185. The van der Waals surface area contributed by atoms with Gasteiger partial charge in [0.1, 0.15) is 0 Å². The molecule has 0 radical (unpaired) electrons. The molecule has 0 amide bonds. The molecule has 9 aromatic rings. The van der Waals surface area contributed by atoms with E-state index in [2.05, 4.69) is 222 Å². The van der Waals surface area contributed by atoms with Gasteiger partial charge in [0.2, 0.25) is 0 Å². The molecule has 3 N–H and O–H groups in total. The number of benzene rings is 5. The lowest BCUT2D eigenvalue weighted by Crippen LogP contribution is -2.10. The number of hydrogen-bond acceptors (Lipinski definition) is 1. The fourth-order valence-corrected chi connectivity index (χ4v) is 9.15. The zero-order valence-corrected chi connectivity index (χ0v) is 41.1. The molecule has 8 bridgehead atoms. The van der Waals surface area contributed by atoms with Crippen LogP contribution in [0.2, 0.25) is 0 Å². The van der Waals surface area contributed by atoms with Gasteiger partial charge < -0.3 is 15.0 Å². The predicted octanol–water partition coefficient (Wildman–Crippen LogP) is 16.4. The van der Waals surface area contributed by atoms with Crippen LogP contribution in [-0.4, -0.2) is 19.9 Å². The first kappa shape index (κ1) is 44.8. The van der Waals surface area contributed by atoms with Gasteiger partial charge in [-0.3, -0.25) is 0 Å². The second-order valence-corrected chi connectivity index (χ2v) is 21.3. The highest BCUT2D eigenvalue weighted by Gasteiger charge is 2.23. The van der Waals surface area contributed by atoms with Crippen molar-refractivity contribution >= 4 is 44.7 Å². The van der Waals surface area contributed by atoms with Crippen molar-refractivity contribution in [2.24, 2.45) is 0 Å². The van der Waals surface area contributed by atoms with Gasteiger partial charge in [0.25, 0.3) is 0 Å². The number of nitrogens with one attached hydrogen (secondary N) is 3. The Morgan fingerprint density at radius 2 is 0.783 bits per heavy atom. The number of hydrogen-bond donors (Lipinski definition) is 3. The van der Waals surface area contributed by atoms with Crippen molar-refractivity contribution in [3.8, 4) is 57.1 Å². The lowest BCUT2D eigenvalue weighted by molar-refractivity contribution is 0.590. The number of nitrogens with zero attached hydrogens (tertiary/aromatic N) is 1. The molecule has 0 aliphatic carbocycles. The molecule has 0 spiro atoms. The summed E-state index contributed by atoms with van der Waals surface area (Å²) >= 11 is 0. The number of aromatic nitrogens is 4. The van der Waals surface area contributed by atoms with Gasteiger partial charge in [0.15, 0.2) is 0 Å². The van der Waals surface area contributed by atoms with Gasteiger partial charge in [0.05, 0.1) is 33.6 Å². The summed E-state index contributed by atoms with van der Waals surface area (Å²) in [7, 11) is 0. The highest BCUT2D eigenvalue weighted by Crippen LogP contribution is 2.40. The smallest absolute Gasteiger partial charge is 0.0894 e. The minimum Gasteiger partial charge on any atom is -0.354 e. The Bertz CT molecular complexity index is 3660. The minimum atomic E-state index is -0.0131. The number of H-pyrrole nitrogens is 3. The zero-order chi connectivity index (χ0) is 48.1. The van der Waals surface area contributed by atoms with Crippen molar-refractivity contribution in [2.45, 2.75) is 78.6 Å². The predicted molar refractivity (Wildman–Crippen MR) is 292 cm³/mol. The highest BCUT2D eigenvalue weighted by molar-refractivity contribution is 6.05. The molecule has 4 aromatic heterocycles. The topological polar surface area (TPSA) is 60.3 Å². The average Bonchev–Trinajstić information content (AvgIpc) is 4.17. The fourth-order valence-electron chi connectivity index (χ4n) is 9.15. The Hall–Kier alpha value is -8.05. The molecule has 4 nitrogen and oxygen atoms in total. The maximum absolute atomic E-state index is 5.60. The van der Waals surface area contributed by atoms with Crippen LogP contribution in [0.5, 0.6) is 0 Å². The van der Waals surface area contributed by atoms with Gasteiger partial charge in [0, 0.05) is 49.9 Å². The molecular weight excluding hydrogens is 837 g/mol. The second kappa shape index (κ2) is 17.6. The summed E-state index contributed by atoms with van der Waals surface area (Å²) in [4.78, 5) is 17.4. The van der Waals surface area contributed by atoms with E-state index in [1.54, 1.807) is 0 Å². The Kier molecular flexibility index (Phi) is 11.4. The molecule has 5 aromatic carbocycles. The number of fused-ring (bicyclic) bond motifs is 9. The number of allylic oxidation sites excluding steroid dienone is 1. The Balaban J connectivity index is 1.38. The third kappa shape index (κ3) is 9.20. The minimum absolute atomic E-state index is 0.00543. The van der Waals surface area contributed by atoms with E-state index in [9.17, 15) is 0 Å². The van der Waals surface area contributed by atoms with Gasteiger partial charge >= 0.3 is 0 Å². The Morgan fingerprint density at radius 1 is 0.377 bits per heavy atom. The van der Waals surface area contributed by atoms with E-state index < -0.39 is 0 Å². The van der Waals surface area contributed by atoms with Crippen molar-refractivity contribution in [3.05, 3.63) is 209 Å². The van der Waals surface area contributed by atoms with Gasteiger partial charge in [-0.05, 0) is 110 Å². The molecule has 0 saturated carbocycles. The van der Waals surface area contributed by atoms with Crippen molar-refractivity contribution < 1.29 is 0 Å². The van der Waals surface area contributed by atoms with Crippen molar-refractivity contribution in [2.75, 3.05) is 0 Å². The maximum Gasteiger partial charge on any atom is 0.0894 e. The van der Waals surface area contributed by atoms with Crippen LogP contribution in [-0.2, 0) is 16.2 Å². The molecule has 5 heterocycles. The van der Waals surface area contributed by atoms with Gasteiger partial charge in [-0.1, -0.05) is 195 Å². The van der Waals surface area contributed by atoms with E-state index in [1.807, 2.05) is 48.5 Å². The van der Waals surface area contributed by atoms with Gasteiger partial charge in [-0.2, -0.15) is 0 Å². The van der Waals surface area contributed by atoms with Crippen LogP contribution < -0.4 is 0 Å². The highest BCUT2D eigenvalue weighted by atomic mass is 14.8. The van der Waals surface area contributed by atoms with Crippen molar-refractivity contribution in [1.82, 2.24) is 19.9 Å². The molecule has 0 saturated heterocycles. The average molecular weight is 895 g/mol. The molecule has 0 fully saturated rings. The largest absolute Gasteiger partial charge is 0.354 e. The summed E-state index contributed by atoms with van der Waals surface area (Å²) in [6, 6.07) is 58.3. The van der Waals surface area contributed by atoms with E-state index in [0.717, 1.165) is 100 Å².